The molecule has 0 aromatic heterocycles. The van der Waals surface area contributed by atoms with Crippen LogP contribution in [0, 0.1) is 5.92 Å². The van der Waals surface area contributed by atoms with Crippen molar-refractivity contribution in [2.75, 3.05) is 24.6 Å². The summed E-state index contributed by atoms with van der Waals surface area (Å²) in [6.07, 6.45) is 1.16. The molecule has 1 aromatic rings. The number of fused-ring (bicyclic) bond motifs is 1. The molecule has 1 aliphatic heterocycles. The predicted molar refractivity (Wildman–Crippen MR) is 77.5 cm³/mol. The molecule has 1 unspecified atom stereocenters. The number of benzene rings is 1. The minimum Gasteiger partial charge on any atom is -0.464 e. The summed E-state index contributed by atoms with van der Waals surface area (Å²) in [7, 11) is 0. The van der Waals surface area contributed by atoms with Gasteiger partial charge in [-0.15, -0.1) is 0 Å². The van der Waals surface area contributed by atoms with Crippen LogP contribution in [0.15, 0.2) is 24.3 Å². The molecule has 0 aliphatic carbocycles. The Morgan fingerprint density at radius 1 is 1.42 bits per heavy atom. The van der Waals surface area contributed by atoms with E-state index in [-0.39, 0.29) is 11.9 Å². The molecule has 0 fully saturated rings. The highest BCUT2D eigenvalue weighted by molar-refractivity contribution is 5.71. The van der Waals surface area contributed by atoms with E-state index in [1.54, 1.807) is 0 Å². The number of hydrogen-bond donors (Lipinski definition) is 0. The van der Waals surface area contributed by atoms with Crippen molar-refractivity contribution >= 4 is 11.7 Å². The first kappa shape index (κ1) is 13.9. The van der Waals surface area contributed by atoms with Crippen molar-refractivity contribution in [3.8, 4) is 0 Å². The molecular formula is C16H23NO2. The molecule has 3 nitrogen and oxygen atoms in total. The van der Waals surface area contributed by atoms with Crippen LogP contribution in [0.25, 0.3) is 0 Å². The zero-order chi connectivity index (χ0) is 13.8. The first-order valence-corrected chi connectivity index (χ1v) is 7.10. The molecule has 1 heterocycles. The molecule has 19 heavy (non-hydrogen) atoms. The quantitative estimate of drug-likeness (QED) is 0.780. The molecule has 0 spiro atoms. The Labute approximate surface area is 115 Å². The fourth-order valence-electron chi connectivity index (χ4n) is 2.47. The molecule has 0 amide bonds. The second kappa shape index (κ2) is 6.09. The van der Waals surface area contributed by atoms with Crippen molar-refractivity contribution in [2.45, 2.75) is 33.1 Å². The van der Waals surface area contributed by atoms with Crippen molar-refractivity contribution in [3.05, 3.63) is 29.8 Å². The van der Waals surface area contributed by atoms with Gasteiger partial charge in [0.1, 0.15) is 6.61 Å². The van der Waals surface area contributed by atoms with Crippen LogP contribution in [0.5, 0.6) is 0 Å². The number of anilines is 1. The predicted octanol–water partition coefficient (Wildman–Crippen LogP) is 3.20. The van der Waals surface area contributed by atoms with E-state index in [1.807, 2.05) is 13.8 Å². The smallest absolute Gasteiger partial charge is 0.308 e. The zero-order valence-corrected chi connectivity index (χ0v) is 12.1. The highest BCUT2D eigenvalue weighted by Gasteiger charge is 2.21. The molecule has 0 N–H and O–H groups in total. The topological polar surface area (TPSA) is 29.5 Å². The fraction of sp³-hybridized carbons (Fsp3) is 0.562. The maximum atomic E-state index is 11.4. The molecule has 0 bridgehead atoms. The van der Waals surface area contributed by atoms with E-state index >= 15 is 0 Å². The summed E-state index contributed by atoms with van der Waals surface area (Å²) in [5.41, 5.74) is 2.70. The van der Waals surface area contributed by atoms with Gasteiger partial charge in [-0.3, -0.25) is 4.79 Å². The van der Waals surface area contributed by atoms with Gasteiger partial charge in [0.25, 0.3) is 0 Å². The molecule has 1 atom stereocenters. The third-order valence-electron chi connectivity index (χ3n) is 3.72. The van der Waals surface area contributed by atoms with Crippen LogP contribution in [0.4, 0.5) is 5.69 Å². The Morgan fingerprint density at radius 2 is 2.16 bits per heavy atom. The number of carbonyl (C=O) groups is 1. The molecule has 104 valence electrons. The Bertz CT molecular complexity index is 442. The summed E-state index contributed by atoms with van der Waals surface area (Å²) in [5.74, 6) is 0.456. The van der Waals surface area contributed by atoms with Gasteiger partial charge in [0.15, 0.2) is 0 Å². The molecule has 3 heteroatoms. The van der Waals surface area contributed by atoms with Gasteiger partial charge in [-0.25, -0.2) is 0 Å². The van der Waals surface area contributed by atoms with Gasteiger partial charge < -0.3 is 9.64 Å². The average Bonchev–Trinajstić information content (AvgIpc) is 2.41. The number of hydrogen-bond acceptors (Lipinski definition) is 3. The summed E-state index contributed by atoms with van der Waals surface area (Å²) in [6, 6.07) is 8.53. The van der Waals surface area contributed by atoms with E-state index in [4.69, 9.17) is 4.74 Å². The van der Waals surface area contributed by atoms with E-state index in [2.05, 4.69) is 36.1 Å². The number of esters is 1. The first-order valence-electron chi connectivity index (χ1n) is 7.10. The lowest BCUT2D eigenvalue weighted by Gasteiger charge is -2.34. The minimum absolute atomic E-state index is 0.0475. The maximum absolute atomic E-state index is 11.4. The standard InChI is InChI=1S/C16H23NO2/c1-12(2)16(18)19-11-10-17-9-8-13(3)14-6-4-5-7-15(14)17/h4-7,12-13H,8-11H2,1-3H3. The van der Waals surface area contributed by atoms with Crippen molar-refractivity contribution < 1.29 is 9.53 Å². The summed E-state index contributed by atoms with van der Waals surface area (Å²) in [4.78, 5) is 13.8. The fourth-order valence-corrected chi connectivity index (χ4v) is 2.47. The lowest BCUT2D eigenvalue weighted by molar-refractivity contribution is -0.146. The van der Waals surface area contributed by atoms with Gasteiger partial charge in [-0.05, 0) is 24.0 Å². The van der Waals surface area contributed by atoms with Gasteiger partial charge in [-0.2, -0.15) is 0 Å². The number of para-hydroxylation sites is 1. The molecule has 1 aliphatic rings. The first-order chi connectivity index (χ1) is 9.09. The Morgan fingerprint density at radius 3 is 2.89 bits per heavy atom. The van der Waals surface area contributed by atoms with E-state index in [0.29, 0.717) is 12.5 Å². The van der Waals surface area contributed by atoms with Crippen molar-refractivity contribution in [2.24, 2.45) is 5.92 Å². The SMILES string of the molecule is CC(C)C(=O)OCCN1CCC(C)c2ccccc21. The monoisotopic (exact) mass is 261 g/mol. The van der Waals surface area contributed by atoms with Gasteiger partial charge in [0.2, 0.25) is 0 Å². The minimum atomic E-state index is -0.112. The van der Waals surface area contributed by atoms with Gasteiger partial charge in [0.05, 0.1) is 12.5 Å². The summed E-state index contributed by atoms with van der Waals surface area (Å²) in [6.45, 7) is 8.29. The van der Waals surface area contributed by atoms with Crippen LogP contribution < -0.4 is 4.90 Å². The lowest BCUT2D eigenvalue weighted by Crippen LogP contribution is -2.34. The highest BCUT2D eigenvalue weighted by atomic mass is 16.5. The Balaban J connectivity index is 1.95. The summed E-state index contributed by atoms with van der Waals surface area (Å²) >= 11 is 0. The second-order valence-corrected chi connectivity index (χ2v) is 5.56. The van der Waals surface area contributed by atoms with E-state index in [1.165, 1.54) is 11.3 Å². The third-order valence-corrected chi connectivity index (χ3v) is 3.72. The Kier molecular flexibility index (Phi) is 4.46. The number of carbonyl (C=O) groups excluding carboxylic acids is 1. The number of nitrogens with zero attached hydrogens (tertiary/aromatic N) is 1. The van der Waals surface area contributed by atoms with Gasteiger partial charge in [-0.1, -0.05) is 39.0 Å². The van der Waals surface area contributed by atoms with E-state index < -0.39 is 0 Å². The van der Waals surface area contributed by atoms with Crippen molar-refractivity contribution in [1.82, 2.24) is 0 Å². The molecule has 0 radical (unpaired) electrons. The zero-order valence-electron chi connectivity index (χ0n) is 12.1. The molecule has 0 saturated heterocycles. The van der Waals surface area contributed by atoms with Gasteiger partial charge >= 0.3 is 5.97 Å². The summed E-state index contributed by atoms with van der Waals surface area (Å²) in [5, 5.41) is 0. The van der Waals surface area contributed by atoms with Gasteiger partial charge in [0, 0.05) is 12.2 Å². The molecule has 0 saturated carbocycles. The van der Waals surface area contributed by atoms with Crippen LogP contribution in [0.3, 0.4) is 0 Å². The van der Waals surface area contributed by atoms with Crippen molar-refractivity contribution in [1.29, 1.82) is 0 Å². The van der Waals surface area contributed by atoms with E-state index in [0.717, 1.165) is 19.5 Å². The van der Waals surface area contributed by atoms with Crippen LogP contribution in [0.2, 0.25) is 0 Å². The van der Waals surface area contributed by atoms with Crippen LogP contribution in [-0.2, 0) is 9.53 Å². The van der Waals surface area contributed by atoms with E-state index in [9.17, 15) is 4.79 Å². The Hall–Kier alpha value is -1.51. The normalized spacial score (nSPS) is 18.3. The molecular weight excluding hydrogens is 238 g/mol. The van der Waals surface area contributed by atoms with Crippen LogP contribution in [-0.4, -0.2) is 25.7 Å². The molecule has 1 aromatic carbocycles. The average molecular weight is 261 g/mol. The lowest BCUT2D eigenvalue weighted by atomic mass is 9.91. The highest BCUT2D eigenvalue weighted by Crippen LogP contribution is 2.34. The van der Waals surface area contributed by atoms with Crippen LogP contribution >= 0.6 is 0 Å². The third kappa shape index (κ3) is 3.28. The largest absolute Gasteiger partial charge is 0.464 e. The summed E-state index contributed by atoms with van der Waals surface area (Å²) < 4.78 is 5.27. The second-order valence-electron chi connectivity index (χ2n) is 5.56. The number of ether oxygens (including phenoxy) is 1. The maximum Gasteiger partial charge on any atom is 0.308 e. The molecule has 2 rings (SSSR count). The van der Waals surface area contributed by atoms with Crippen LogP contribution in [0.1, 0.15) is 38.7 Å². The number of rotatable bonds is 4. The van der Waals surface area contributed by atoms with Crippen molar-refractivity contribution in [3.63, 3.8) is 0 Å².